The van der Waals surface area contributed by atoms with E-state index in [4.69, 9.17) is 11.5 Å². The van der Waals surface area contributed by atoms with Gasteiger partial charge in [0.15, 0.2) is 0 Å². The molecule has 0 radical (unpaired) electrons. The minimum atomic E-state index is -0.586. The Hall–Kier alpha value is -1.77. The molecule has 0 aromatic carbocycles. The van der Waals surface area contributed by atoms with Crippen LogP contribution in [0, 0.1) is 0 Å². The molecule has 0 aromatic rings. The van der Waals surface area contributed by atoms with E-state index in [0.29, 0.717) is 5.70 Å². The predicted molar refractivity (Wildman–Crippen MR) is 77.2 cm³/mol. The molecule has 0 rings (SSSR count). The van der Waals surface area contributed by atoms with E-state index in [0.717, 1.165) is 30.2 Å². The maximum atomic E-state index is 13.4. The quantitative estimate of drug-likeness (QED) is 0.703. The van der Waals surface area contributed by atoms with Crippen molar-refractivity contribution in [1.29, 1.82) is 0 Å². The van der Waals surface area contributed by atoms with Gasteiger partial charge in [-0.2, -0.15) is 0 Å². The summed E-state index contributed by atoms with van der Waals surface area (Å²) in [6.07, 6.45) is 8.41. The first-order valence-corrected chi connectivity index (χ1v) is 6.08. The zero-order valence-electron chi connectivity index (χ0n) is 11.5. The summed E-state index contributed by atoms with van der Waals surface area (Å²) < 4.78 is 13.4. The van der Waals surface area contributed by atoms with Crippen LogP contribution in [0.25, 0.3) is 0 Å². The molecule has 0 heterocycles. The van der Waals surface area contributed by atoms with Crippen LogP contribution in [0.5, 0.6) is 0 Å². The molecule has 18 heavy (non-hydrogen) atoms. The molecule has 3 heteroatoms. The van der Waals surface area contributed by atoms with Gasteiger partial charge in [0.1, 0.15) is 5.83 Å². The van der Waals surface area contributed by atoms with E-state index in [9.17, 15) is 4.39 Å². The fourth-order valence-corrected chi connectivity index (χ4v) is 1.65. The van der Waals surface area contributed by atoms with Crippen LogP contribution >= 0.6 is 0 Å². The van der Waals surface area contributed by atoms with Crippen molar-refractivity contribution in [2.45, 2.75) is 33.6 Å². The van der Waals surface area contributed by atoms with Crippen molar-refractivity contribution in [2.75, 3.05) is 0 Å². The van der Waals surface area contributed by atoms with E-state index in [-0.39, 0.29) is 5.57 Å². The predicted octanol–water partition coefficient (Wildman–Crippen LogP) is 3.85. The molecule has 4 N–H and O–H groups in total. The Bertz CT molecular complexity index is 412. The standard InChI is InChI=1S/C15H23FN2/c1-5-8-12(7-3)13(9-6-2)15(18)11(4)14(16)10-17/h5,7-8,10H,4,6,9,17-18H2,1-3H3/b8-5-,12-7?,14-10+,15-13+. The highest BCUT2D eigenvalue weighted by Gasteiger charge is 2.12. The molecule has 0 aliphatic carbocycles. The van der Waals surface area contributed by atoms with Gasteiger partial charge < -0.3 is 11.5 Å². The first-order valence-electron chi connectivity index (χ1n) is 6.08. The van der Waals surface area contributed by atoms with E-state index in [1.54, 1.807) is 0 Å². The summed E-state index contributed by atoms with van der Waals surface area (Å²) in [6.45, 7) is 9.55. The largest absolute Gasteiger partial charge is 0.402 e. The van der Waals surface area contributed by atoms with Gasteiger partial charge in [0.05, 0.1) is 0 Å². The van der Waals surface area contributed by atoms with Crippen LogP contribution in [-0.2, 0) is 0 Å². The molecule has 0 bridgehead atoms. The average molecular weight is 250 g/mol. The second kappa shape index (κ2) is 8.34. The van der Waals surface area contributed by atoms with E-state index >= 15 is 0 Å². The monoisotopic (exact) mass is 250 g/mol. The molecule has 0 aromatic heterocycles. The van der Waals surface area contributed by atoms with E-state index in [1.165, 1.54) is 0 Å². The smallest absolute Gasteiger partial charge is 0.147 e. The topological polar surface area (TPSA) is 52.0 Å². The molecule has 2 nitrogen and oxygen atoms in total. The first-order chi connectivity index (χ1) is 8.53. The van der Waals surface area contributed by atoms with Crippen molar-refractivity contribution >= 4 is 0 Å². The Morgan fingerprint density at radius 1 is 1.33 bits per heavy atom. The summed E-state index contributed by atoms with van der Waals surface area (Å²) in [5, 5.41) is 0. The molecule has 100 valence electrons. The number of halogens is 1. The van der Waals surface area contributed by atoms with Crippen LogP contribution < -0.4 is 11.5 Å². The zero-order valence-corrected chi connectivity index (χ0v) is 11.5. The Balaban J connectivity index is 5.63. The summed E-state index contributed by atoms with van der Waals surface area (Å²) >= 11 is 0. The minimum Gasteiger partial charge on any atom is -0.402 e. The van der Waals surface area contributed by atoms with Gasteiger partial charge in [-0.1, -0.05) is 38.2 Å². The molecular formula is C15H23FN2. The Kier molecular flexibility index (Phi) is 7.52. The van der Waals surface area contributed by atoms with Crippen LogP contribution in [0.15, 0.2) is 59.3 Å². The molecule has 0 aliphatic heterocycles. The molecule has 0 amide bonds. The van der Waals surface area contributed by atoms with Gasteiger partial charge in [-0.3, -0.25) is 0 Å². The first kappa shape index (κ1) is 16.2. The lowest BCUT2D eigenvalue weighted by atomic mass is 9.95. The highest BCUT2D eigenvalue weighted by Crippen LogP contribution is 2.25. The molecule has 0 fully saturated rings. The second-order valence-electron chi connectivity index (χ2n) is 3.88. The number of nitrogens with two attached hydrogens (primary N) is 2. The normalized spacial score (nSPS) is 14.9. The third-order valence-corrected chi connectivity index (χ3v) is 2.59. The molecule has 0 saturated heterocycles. The second-order valence-corrected chi connectivity index (χ2v) is 3.88. The lowest BCUT2D eigenvalue weighted by Gasteiger charge is -2.13. The van der Waals surface area contributed by atoms with E-state index < -0.39 is 5.83 Å². The summed E-state index contributed by atoms with van der Waals surface area (Å²) in [5.41, 5.74) is 13.5. The van der Waals surface area contributed by atoms with Crippen molar-refractivity contribution in [3.63, 3.8) is 0 Å². The summed E-state index contributed by atoms with van der Waals surface area (Å²) in [7, 11) is 0. The van der Waals surface area contributed by atoms with Crippen LogP contribution in [0.4, 0.5) is 4.39 Å². The lowest BCUT2D eigenvalue weighted by molar-refractivity contribution is 0.650. The molecule has 0 atom stereocenters. The zero-order chi connectivity index (χ0) is 14.1. The molecule has 0 unspecified atom stereocenters. The van der Waals surface area contributed by atoms with Gasteiger partial charge in [-0.15, -0.1) is 0 Å². The van der Waals surface area contributed by atoms with E-state index in [1.807, 2.05) is 39.0 Å². The molecule has 0 saturated carbocycles. The Labute approximate surface area is 109 Å². The number of rotatable bonds is 6. The number of hydrogen-bond donors (Lipinski definition) is 2. The maximum absolute atomic E-state index is 13.4. The number of allylic oxidation sites excluding steroid dienone is 6. The SMILES string of the molecule is C=C(/C(F)=C\N)/C(N)=C(/CCC)C(=CC)/C=C\C. The Morgan fingerprint density at radius 3 is 2.33 bits per heavy atom. The maximum Gasteiger partial charge on any atom is 0.147 e. The molecule has 0 spiro atoms. The van der Waals surface area contributed by atoms with Crippen LogP contribution in [0.1, 0.15) is 33.6 Å². The van der Waals surface area contributed by atoms with Crippen molar-refractivity contribution in [3.8, 4) is 0 Å². The van der Waals surface area contributed by atoms with Gasteiger partial charge in [-0.05, 0) is 31.4 Å². The third-order valence-electron chi connectivity index (χ3n) is 2.59. The third kappa shape index (κ3) is 4.24. The summed E-state index contributed by atoms with van der Waals surface area (Å²) in [5.74, 6) is -0.586. The van der Waals surface area contributed by atoms with Crippen LogP contribution in [0.3, 0.4) is 0 Å². The molecule has 0 aliphatic rings. The van der Waals surface area contributed by atoms with Crippen molar-refractivity contribution in [3.05, 3.63) is 59.3 Å². The fraction of sp³-hybridized carbons (Fsp3) is 0.333. The average Bonchev–Trinajstić information content (AvgIpc) is 2.40. The van der Waals surface area contributed by atoms with Crippen molar-refractivity contribution < 1.29 is 4.39 Å². The van der Waals surface area contributed by atoms with Gasteiger partial charge in [-0.25, -0.2) is 4.39 Å². The van der Waals surface area contributed by atoms with Crippen molar-refractivity contribution in [2.24, 2.45) is 11.5 Å². The van der Waals surface area contributed by atoms with Crippen LogP contribution in [-0.4, -0.2) is 0 Å². The van der Waals surface area contributed by atoms with E-state index in [2.05, 4.69) is 6.58 Å². The summed E-state index contributed by atoms with van der Waals surface area (Å²) in [6, 6.07) is 0. The minimum absolute atomic E-state index is 0.143. The fourth-order valence-electron chi connectivity index (χ4n) is 1.65. The summed E-state index contributed by atoms with van der Waals surface area (Å²) in [4.78, 5) is 0. The number of hydrogen-bond acceptors (Lipinski definition) is 2. The highest BCUT2D eigenvalue weighted by molar-refractivity contribution is 5.51. The van der Waals surface area contributed by atoms with Gasteiger partial charge in [0, 0.05) is 17.5 Å². The van der Waals surface area contributed by atoms with Gasteiger partial charge in [0.25, 0.3) is 0 Å². The van der Waals surface area contributed by atoms with Gasteiger partial charge in [0.2, 0.25) is 0 Å². The lowest BCUT2D eigenvalue weighted by Crippen LogP contribution is -2.08. The molecular weight excluding hydrogens is 227 g/mol. The van der Waals surface area contributed by atoms with Gasteiger partial charge >= 0.3 is 0 Å². The van der Waals surface area contributed by atoms with Crippen LogP contribution in [0.2, 0.25) is 0 Å². The Morgan fingerprint density at radius 2 is 1.94 bits per heavy atom. The highest BCUT2D eigenvalue weighted by atomic mass is 19.1. The van der Waals surface area contributed by atoms with Crippen molar-refractivity contribution in [1.82, 2.24) is 0 Å².